The molecule has 88 valence electrons. The van der Waals surface area contributed by atoms with E-state index in [1.165, 1.54) is 18.2 Å². The van der Waals surface area contributed by atoms with E-state index in [-0.39, 0.29) is 17.9 Å². The molecule has 0 saturated carbocycles. The quantitative estimate of drug-likeness (QED) is 0.471. The molecule has 0 heterocycles. The van der Waals surface area contributed by atoms with E-state index in [0.29, 0.717) is 5.56 Å². The lowest BCUT2D eigenvalue weighted by atomic mass is 10.0. The van der Waals surface area contributed by atoms with Crippen LogP contribution in [-0.2, 0) is 4.79 Å². The van der Waals surface area contributed by atoms with Gasteiger partial charge in [0.05, 0.1) is 5.38 Å². The summed E-state index contributed by atoms with van der Waals surface area (Å²) in [7, 11) is 0. The third-order valence-electron chi connectivity index (χ3n) is 2.14. The van der Waals surface area contributed by atoms with Crippen LogP contribution in [0.25, 0.3) is 0 Å². The maximum Gasteiger partial charge on any atom is 0.320 e. The zero-order chi connectivity index (χ0) is 12.3. The first-order chi connectivity index (χ1) is 7.41. The van der Waals surface area contributed by atoms with Crippen molar-refractivity contribution < 1.29 is 20.1 Å². The van der Waals surface area contributed by atoms with Gasteiger partial charge in [0.25, 0.3) is 0 Å². The molecule has 1 aromatic carbocycles. The zero-order valence-corrected chi connectivity index (χ0v) is 9.05. The molecule has 1 aromatic rings. The van der Waals surface area contributed by atoms with E-state index in [9.17, 15) is 9.90 Å². The molecule has 0 radical (unpaired) electrons. The Morgan fingerprint density at radius 2 is 2.00 bits per heavy atom. The van der Waals surface area contributed by atoms with Gasteiger partial charge in [0, 0.05) is 0 Å². The standard InChI is InChI=1S/C10H12ClNO4/c11-6(4-7(12)10(15)16)5-1-2-8(13)9(14)3-5/h1-3,6-7,13-14H,4,12H2,(H,15,16). The van der Waals surface area contributed by atoms with Gasteiger partial charge in [0.2, 0.25) is 0 Å². The molecule has 0 saturated heterocycles. The van der Waals surface area contributed by atoms with E-state index < -0.39 is 17.4 Å². The molecule has 0 amide bonds. The predicted octanol–water partition coefficient (Wildman–Crippen LogP) is 1.18. The first-order valence-electron chi connectivity index (χ1n) is 4.56. The molecule has 0 aliphatic heterocycles. The maximum atomic E-state index is 10.5. The fourth-order valence-corrected chi connectivity index (χ4v) is 1.52. The number of carbonyl (C=O) groups is 1. The van der Waals surface area contributed by atoms with Crippen molar-refractivity contribution in [1.82, 2.24) is 0 Å². The normalized spacial score (nSPS) is 14.4. The number of alkyl halides is 1. The smallest absolute Gasteiger partial charge is 0.320 e. The summed E-state index contributed by atoms with van der Waals surface area (Å²) in [5, 5.41) is 26.3. The zero-order valence-electron chi connectivity index (χ0n) is 8.30. The van der Waals surface area contributed by atoms with E-state index >= 15 is 0 Å². The van der Waals surface area contributed by atoms with Crippen LogP contribution in [-0.4, -0.2) is 27.3 Å². The van der Waals surface area contributed by atoms with Crippen LogP contribution in [0.4, 0.5) is 0 Å². The molecule has 2 atom stereocenters. The molecule has 0 aliphatic rings. The number of hydrogen-bond acceptors (Lipinski definition) is 4. The van der Waals surface area contributed by atoms with Crippen molar-refractivity contribution in [3.63, 3.8) is 0 Å². The molecule has 5 N–H and O–H groups in total. The number of carboxylic acid groups (broad SMARTS) is 1. The molecule has 16 heavy (non-hydrogen) atoms. The molecule has 1 rings (SSSR count). The summed E-state index contributed by atoms with van der Waals surface area (Å²) in [5.41, 5.74) is 5.83. The number of aliphatic carboxylic acids is 1. The molecule has 2 unspecified atom stereocenters. The molecular formula is C10H12ClNO4. The number of phenolic OH excluding ortho intramolecular Hbond substituents is 2. The molecule has 0 bridgehead atoms. The molecule has 0 spiro atoms. The third-order valence-corrected chi connectivity index (χ3v) is 2.57. The number of aromatic hydroxyl groups is 2. The van der Waals surface area contributed by atoms with Gasteiger partial charge in [-0.2, -0.15) is 0 Å². The Balaban J connectivity index is 2.76. The number of benzene rings is 1. The highest BCUT2D eigenvalue weighted by molar-refractivity contribution is 6.21. The largest absolute Gasteiger partial charge is 0.504 e. The highest BCUT2D eigenvalue weighted by Gasteiger charge is 2.19. The van der Waals surface area contributed by atoms with E-state index in [1.807, 2.05) is 0 Å². The summed E-state index contributed by atoms with van der Waals surface area (Å²) in [4.78, 5) is 10.5. The Morgan fingerprint density at radius 1 is 1.38 bits per heavy atom. The number of phenols is 2. The Hall–Kier alpha value is -1.46. The minimum atomic E-state index is -1.13. The van der Waals surface area contributed by atoms with Crippen LogP contribution >= 0.6 is 11.6 Å². The summed E-state index contributed by atoms with van der Waals surface area (Å²) in [5.74, 6) is -1.68. The molecule has 6 heteroatoms. The van der Waals surface area contributed by atoms with Crippen molar-refractivity contribution in [3.05, 3.63) is 23.8 Å². The molecule has 5 nitrogen and oxygen atoms in total. The van der Waals surface area contributed by atoms with Gasteiger partial charge in [-0.05, 0) is 24.1 Å². The first-order valence-corrected chi connectivity index (χ1v) is 4.99. The number of nitrogens with two attached hydrogens (primary N) is 1. The summed E-state index contributed by atoms with van der Waals surface area (Å²) in [6.45, 7) is 0. The minimum Gasteiger partial charge on any atom is -0.504 e. The van der Waals surface area contributed by atoms with Gasteiger partial charge in [0.15, 0.2) is 11.5 Å². The summed E-state index contributed by atoms with van der Waals surface area (Å²) in [6, 6.07) is 3.01. The van der Waals surface area contributed by atoms with Gasteiger partial charge in [-0.15, -0.1) is 11.6 Å². The van der Waals surface area contributed by atoms with Gasteiger partial charge in [0.1, 0.15) is 6.04 Å². The first kappa shape index (κ1) is 12.6. The number of halogens is 1. The third kappa shape index (κ3) is 3.01. The van der Waals surface area contributed by atoms with Gasteiger partial charge in [-0.1, -0.05) is 6.07 Å². The Bertz CT molecular complexity index is 396. The van der Waals surface area contributed by atoms with Crippen molar-refractivity contribution in [2.24, 2.45) is 5.73 Å². The molecule has 0 fully saturated rings. The second-order valence-corrected chi connectivity index (χ2v) is 3.92. The summed E-state index contributed by atoms with van der Waals surface area (Å²) >= 11 is 5.93. The summed E-state index contributed by atoms with van der Waals surface area (Å²) in [6.07, 6.45) is 0.0428. The van der Waals surface area contributed by atoms with Crippen molar-refractivity contribution in [2.75, 3.05) is 0 Å². The van der Waals surface area contributed by atoms with Gasteiger partial charge in [-0.3, -0.25) is 4.79 Å². The number of carboxylic acids is 1. The number of rotatable bonds is 4. The van der Waals surface area contributed by atoms with Gasteiger partial charge >= 0.3 is 5.97 Å². The monoisotopic (exact) mass is 245 g/mol. The van der Waals surface area contributed by atoms with Crippen LogP contribution in [0.1, 0.15) is 17.4 Å². The van der Waals surface area contributed by atoms with Gasteiger partial charge < -0.3 is 21.1 Å². The highest BCUT2D eigenvalue weighted by atomic mass is 35.5. The molecule has 0 aliphatic carbocycles. The lowest BCUT2D eigenvalue weighted by Crippen LogP contribution is -2.31. The maximum absolute atomic E-state index is 10.5. The van der Waals surface area contributed by atoms with Crippen LogP contribution in [0.2, 0.25) is 0 Å². The van der Waals surface area contributed by atoms with Crippen LogP contribution in [0.15, 0.2) is 18.2 Å². The summed E-state index contributed by atoms with van der Waals surface area (Å²) < 4.78 is 0. The lowest BCUT2D eigenvalue weighted by Gasteiger charge is -2.13. The minimum absolute atomic E-state index is 0.0428. The van der Waals surface area contributed by atoms with Crippen molar-refractivity contribution >= 4 is 17.6 Å². The van der Waals surface area contributed by atoms with E-state index in [1.54, 1.807) is 0 Å². The highest BCUT2D eigenvalue weighted by Crippen LogP contribution is 2.32. The predicted molar refractivity (Wildman–Crippen MR) is 58.6 cm³/mol. The van der Waals surface area contributed by atoms with Crippen LogP contribution < -0.4 is 5.73 Å². The van der Waals surface area contributed by atoms with Crippen LogP contribution in [0.5, 0.6) is 11.5 Å². The Kier molecular flexibility index (Phi) is 3.98. The molecular weight excluding hydrogens is 234 g/mol. The van der Waals surface area contributed by atoms with Crippen molar-refractivity contribution in [1.29, 1.82) is 0 Å². The second kappa shape index (κ2) is 5.05. The van der Waals surface area contributed by atoms with Crippen LogP contribution in [0, 0.1) is 0 Å². The topological polar surface area (TPSA) is 104 Å². The SMILES string of the molecule is NC(CC(Cl)c1ccc(O)c(O)c1)C(=O)O. The lowest BCUT2D eigenvalue weighted by molar-refractivity contribution is -0.138. The van der Waals surface area contributed by atoms with Crippen molar-refractivity contribution in [2.45, 2.75) is 17.8 Å². The fraction of sp³-hybridized carbons (Fsp3) is 0.300. The van der Waals surface area contributed by atoms with E-state index in [0.717, 1.165) is 0 Å². The fourth-order valence-electron chi connectivity index (χ4n) is 1.20. The van der Waals surface area contributed by atoms with E-state index in [4.69, 9.17) is 27.5 Å². The average molecular weight is 246 g/mol. The van der Waals surface area contributed by atoms with E-state index in [2.05, 4.69) is 0 Å². The Labute approximate surface area is 97.1 Å². The second-order valence-electron chi connectivity index (χ2n) is 3.40. The average Bonchev–Trinajstić information content (AvgIpc) is 2.21. The van der Waals surface area contributed by atoms with Gasteiger partial charge in [-0.25, -0.2) is 0 Å². The Morgan fingerprint density at radius 3 is 2.50 bits per heavy atom. The molecule has 0 aromatic heterocycles. The number of hydrogen-bond donors (Lipinski definition) is 4. The van der Waals surface area contributed by atoms with Crippen molar-refractivity contribution in [3.8, 4) is 11.5 Å². The van der Waals surface area contributed by atoms with Crippen LogP contribution in [0.3, 0.4) is 0 Å².